The van der Waals surface area contributed by atoms with Crippen molar-refractivity contribution in [3.63, 3.8) is 0 Å². The van der Waals surface area contributed by atoms with Gasteiger partial charge in [-0.15, -0.1) is 0 Å². The van der Waals surface area contributed by atoms with Crippen LogP contribution in [0.5, 0.6) is 5.75 Å². The second-order valence-corrected chi connectivity index (χ2v) is 6.22. The minimum absolute atomic E-state index is 0.104. The Bertz CT molecular complexity index is 610. The molecule has 0 aliphatic rings. The van der Waals surface area contributed by atoms with E-state index in [2.05, 4.69) is 29.1 Å². The van der Waals surface area contributed by atoms with E-state index in [1.807, 2.05) is 38.2 Å². The standard InChI is InChI=1S/C17H24ClN3O/c1-5-8-21(4)11-14-10-19-20-17(14)13-6-7-16(15(18)9-13)22-12(2)3/h6-7,9-10,12H,5,8,11H2,1-4H3,(H,19,20). The van der Waals surface area contributed by atoms with Crippen molar-refractivity contribution in [1.29, 1.82) is 0 Å². The summed E-state index contributed by atoms with van der Waals surface area (Å²) in [5.74, 6) is 0.709. The Morgan fingerprint density at radius 3 is 2.77 bits per heavy atom. The first kappa shape index (κ1) is 16.8. The predicted molar refractivity (Wildman–Crippen MR) is 91.4 cm³/mol. The van der Waals surface area contributed by atoms with Crippen LogP contribution in [0.3, 0.4) is 0 Å². The van der Waals surface area contributed by atoms with Crippen LogP contribution < -0.4 is 4.74 Å². The number of halogens is 1. The van der Waals surface area contributed by atoms with E-state index in [-0.39, 0.29) is 6.10 Å². The molecule has 0 radical (unpaired) electrons. The molecule has 0 atom stereocenters. The van der Waals surface area contributed by atoms with Gasteiger partial charge in [-0.3, -0.25) is 5.10 Å². The third-order valence-electron chi connectivity index (χ3n) is 3.33. The number of aromatic amines is 1. The molecule has 1 N–H and O–H groups in total. The van der Waals surface area contributed by atoms with Crippen molar-refractivity contribution < 1.29 is 4.74 Å². The van der Waals surface area contributed by atoms with Crippen LogP contribution in [-0.4, -0.2) is 34.8 Å². The lowest BCUT2D eigenvalue weighted by atomic mass is 10.1. The van der Waals surface area contributed by atoms with Crippen LogP contribution in [0.1, 0.15) is 32.8 Å². The number of aromatic nitrogens is 2. The van der Waals surface area contributed by atoms with Crippen molar-refractivity contribution in [3.05, 3.63) is 35.0 Å². The van der Waals surface area contributed by atoms with Crippen LogP contribution in [-0.2, 0) is 6.54 Å². The molecule has 0 spiro atoms. The second kappa shape index (κ2) is 7.65. The fourth-order valence-corrected chi connectivity index (χ4v) is 2.66. The Morgan fingerprint density at radius 1 is 1.36 bits per heavy atom. The average molecular weight is 322 g/mol. The predicted octanol–water partition coefficient (Wildman–Crippen LogP) is 4.36. The normalized spacial score (nSPS) is 11.4. The molecule has 0 bridgehead atoms. The molecule has 1 aromatic heterocycles. The minimum atomic E-state index is 0.104. The van der Waals surface area contributed by atoms with E-state index in [0.717, 1.165) is 30.8 Å². The van der Waals surface area contributed by atoms with Crippen molar-refractivity contribution in [3.8, 4) is 17.0 Å². The van der Waals surface area contributed by atoms with Crippen LogP contribution in [0.15, 0.2) is 24.4 Å². The molecular weight excluding hydrogens is 298 g/mol. The highest BCUT2D eigenvalue weighted by Crippen LogP contribution is 2.31. The van der Waals surface area contributed by atoms with Crippen molar-refractivity contribution >= 4 is 11.6 Å². The summed E-state index contributed by atoms with van der Waals surface area (Å²) >= 11 is 6.32. The van der Waals surface area contributed by atoms with Gasteiger partial charge in [0.15, 0.2) is 0 Å². The number of nitrogens with one attached hydrogen (secondary N) is 1. The van der Waals surface area contributed by atoms with Gasteiger partial charge in [-0.1, -0.05) is 18.5 Å². The van der Waals surface area contributed by atoms with E-state index < -0.39 is 0 Å². The maximum Gasteiger partial charge on any atom is 0.138 e. The third-order valence-corrected chi connectivity index (χ3v) is 3.63. The van der Waals surface area contributed by atoms with Gasteiger partial charge in [0.1, 0.15) is 5.75 Å². The lowest BCUT2D eigenvalue weighted by molar-refractivity contribution is 0.242. The highest BCUT2D eigenvalue weighted by atomic mass is 35.5. The molecule has 5 heteroatoms. The maximum atomic E-state index is 6.32. The SMILES string of the molecule is CCCN(C)Cc1c[nH]nc1-c1ccc(OC(C)C)c(Cl)c1. The van der Waals surface area contributed by atoms with Crippen molar-refractivity contribution in [2.24, 2.45) is 0 Å². The zero-order valence-electron chi connectivity index (χ0n) is 13.7. The van der Waals surface area contributed by atoms with E-state index >= 15 is 0 Å². The van der Waals surface area contributed by atoms with Gasteiger partial charge in [0.25, 0.3) is 0 Å². The van der Waals surface area contributed by atoms with Gasteiger partial charge in [0.05, 0.1) is 16.8 Å². The number of rotatable bonds is 7. The summed E-state index contributed by atoms with van der Waals surface area (Å²) in [6, 6.07) is 5.83. The minimum Gasteiger partial charge on any atom is -0.489 e. The quantitative estimate of drug-likeness (QED) is 0.823. The molecule has 0 unspecified atom stereocenters. The maximum absolute atomic E-state index is 6.32. The molecule has 0 fully saturated rings. The van der Waals surface area contributed by atoms with Gasteiger partial charge in [0.2, 0.25) is 0 Å². The molecule has 2 aromatic rings. The monoisotopic (exact) mass is 321 g/mol. The van der Waals surface area contributed by atoms with Gasteiger partial charge >= 0.3 is 0 Å². The molecule has 0 aliphatic heterocycles. The van der Waals surface area contributed by atoms with E-state index in [1.54, 1.807) is 0 Å². The smallest absolute Gasteiger partial charge is 0.138 e. The number of ether oxygens (including phenoxy) is 1. The van der Waals surface area contributed by atoms with Crippen LogP contribution in [0, 0.1) is 0 Å². The van der Waals surface area contributed by atoms with Crippen LogP contribution in [0.25, 0.3) is 11.3 Å². The summed E-state index contributed by atoms with van der Waals surface area (Å²) in [6.45, 7) is 8.08. The van der Waals surface area contributed by atoms with E-state index in [9.17, 15) is 0 Å². The van der Waals surface area contributed by atoms with Gasteiger partial charge in [-0.2, -0.15) is 5.10 Å². The fourth-order valence-electron chi connectivity index (χ4n) is 2.43. The molecule has 120 valence electrons. The fraction of sp³-hybridized carbons (Fsp3) is 0.471. The van der Waals surface area contributed by atoms with Gasteiger partial charge < -0.3 is 9.64 Å². The van der Waals surface area contributed by atoms with E-state index in [0.29, 0.717) is 10.8 Å². The van der Waals surface area contributed by atoms with Crippen molar-refractivity contribution in [2.75, 3.05) is 13.6 Å². The average Bonchev–Trinajstić information content (AvgIpc) is 2.89. The topological polar surface area (TPSA) is 41.2 Å². The van der Waals surface area contributed by atoms with Gasteiger partial charge in [0, 0.05) is 23.9 Å². The Labute approximate surface area is 137 Å². The number of nitrogens with zero attached hydrogens (tertiary/aromatic N) is 2. The number of H-pyrrole nitrogens is 1. The zero-order valence-corrected chi connectivity index (χ0v) is 14.4. The summed E-state index contributed by atoms with van der Waals surface area (Å²) in [5, 5.41) is 7.95. The first-order chi connectivity index (χ1) is 10.5. The molecule has 1 aromatic carbocycles. The molecule has 4 nitrogen and oxygen atoms in total. The molecule has 0 saturated carbocycles. The third kappa shape index (κ3) is 4.24. The summed E-state index contributed by atoms with van der Waals surface area (Å²) in [4.78, 5) is 2.28. The first-order valence-corrected chi connectivity index (χ1v) is 8.06. The molecule has 1 heterocycles. The zero-order chi connectivity index (χ0) is 16.1. The van der Waals surface area contributed by atoms with E-state index in [4.69, 9.17) is 16.3 Å². The summed E-state index contributed by atoms with van der Waals surface area (Å²) in [6.07, 6.45) is 3.19. The van der Waals surface area contributed by atoms with Gasteiger partial charge in [-0.25, -0.2) is 0 Å². The number of benzene rings is 1. The first-order valence-electron chi connectivity index (χ1n) is 7.69. The molecule has 2 rings (SSSR count). The molecule has 0 saturated heterocycles. The molecular formula is C17H24ClN3O. The van der Waals surface area contributed by atoms with Crippen LogP contribution in [0.4, 0.5) is 0 Å². The lowest BCUT2D eigenvalue weighted by Gasteiger charge is -2.15. The summed E-state index contributed by atoms with van der Waals surface area (Å²) < 4.78 is 5.68. The largest absolute Gasteiger partial charge is 0.489 e. The Kier molecular flexibility index (Phi) is 5.86. The van der Waals surface area contributed by atoms with Crippen molar-refractivity contribution in [1.82, 2.24) is 15.1 Å². The number of hydrogen-bond acceptors (Lipinski definition) is 3. The Morgan fingerprint density at radius 2 is 2.14 bits per heavy atom. The molecule has 0 aliphatic carbocycles. The van der Waals surface area contributed by atoms with Crippen LogP contribution in [0.2, 0.25) is 5.02 Å². The van der Waals surface area contributed by atoms with Crippen LogP contribution >= 0.6 is 11.6 Å². The van der Waals surface area contributed by atoms with Crippen molar-refractivity contribution in [2.45, 2.75) is 39.8 Å². The van der Waals surface area contributed by atoms with Gasteiger partial charge in [-0.05, 0) is 52.1 Å². The second-order valence-electron chi connectivity index (χ2n) is 5.81. The summed E-state index contributed by atoms with van der Waals surface area (Å²) in [7, 11) is 2.12. The molecule has 22 heavy (non-hydrogen) atoms. The lowest BCUT2D eigenvalue weighted by Crippen LogP contribution is -2.18. The van der Waals surface area contributed by atoms with E-state index in [1.165, 1.54) is 5.56 Å². The highest BCUT2D eigenvalue weighted by molar-refractivity contribution is 6.32. The Hall–Kier alpha value is -1.52. The molecule has 0 amide bonds. The number of hydrogen-bond donors (Lipinski definition) is 1. The Balaban J connectivity index is 2.22. The highest BCUT2D eigenvalue weighted by Gasteiger charge is 2.13. The summed E-state index contributed by atoms with van der Waals surface area (Å²) in [5.41, 5.74) is 3.12.